The minimum absolute atomic E-state index is 0.00497. The van der Waals surface area contributed by atoms with Gasteiger partial charge in [-0.1, -0.05) is 11.6 Å². The molecule has 1 aromatic carbocycles. The number of hydrogen-bond acceptors (Lipinski definition) is 3. The molecule has 6 heteroatoms. The van der Waals surface area contributed by atoms with Crippen LogP contribution in [0.1, 0.15) is 12.5 Å². The van der Waals surface area contributed by atoms with Gasteiger partial charge >= 0.3 is 5.97 Å². The quantitative estimate of drug-likeness (QED) is 0.501. The number of benzene rings is 1. The number of carboxylic acid groups (broad SMARTS) is 1. The molecule has 0 aliphatic heterocycles. The lowest BCUT2D eigenvalue weighted by Crippen LogP contribution is -1.97. The smallest absolute Gasteiger partial charge is 0.331 e. The molecule has 0 bridgehead atoms. The third-order valence-corrected chi connectivity index (χ3v) is 2.13. The van der Waals surface area contributed by atoms with Gasteiger partial charge < -0.3 is 5.11 Å². The highest BCUT2D eigenvalue weighted by Crippen LogP contribution is 2.24. The van der Waals surface area contributed by atoms with Crippen molar-refractivity contribution in [1.82, 2.24) is 0 Å². The summed E-state index contributed by atoms with van der Waals surface area (Å²) in [5, 5.41) is 19.7. The lowest BCUT2D eigenvalue weighted by molar-refractivity contribution is -0.385. The van der Waals surface area contributed by atoms with Gasteiger partial charge in [0.2, 0.25) is 0 Å². The van der Waals surface area contributed by atoms with E-state index in [0.29, 0.717) is 5.02 Å². The van der Waals surface area contributed by atoms with E-state index in [-0.39, 0.29) is 16.8 Å². The summed E-state index contributed by atoms with van der Waals surface area (Å²) < 4.78 is 0. The first-order chi connectivity index (χ1) is 7.41. The van der Waals surface area contributed by atoms with Crippen molar-refractivity contribution < 1.29 is 14.8 Å². The van der Waals surface area contributed by atoms with Gasteiger partial charge in [0.1, 0.15) is 0 Å². The highest BCUT2D eigenvalue weighted by molar-refractivity contribution is 6.30. The molecule has 0 spiro atoms. The van der Waals surface area contributed by atoms with Crippen LogP contribution in [0.2, 0.25) is 5.02 Å². The van der Waals surface area contributed by atoms with E-state index in [2.05, 4.69) is 0 Å². The van der Waals surface area contributed by atoms with Crippen molar-refractivity contribution in [2.45, 2.75) is 6.92 Å². The van der Waals surface area contributed by atoms with Crippen LogP contribution >= 0.6 is 11.6 Å². The SMILES string of the molecule is C/C(=C\c1cc(Cl)ccc1[N+](=O)[O-])C(=O)O. The second-order valence-corrected chi connectivity index (χ2v) is 3.53. The minimum atomic E-state index is -1.13. The average Bonchev–Trinajstić information content (AvgIpc) is 2.16. The van der Waals surface area contributed by atoms with Gasteiger partial charge in [-0.15, -0.1) is 0 Å². The molecular weight excluding hydrogens is 234 g/mol. The van der Waals surface area contributed by atoms with E-state index in [0.717, 1.165) is 0 Å². The molecule has 0 heterocycles. The maximum absolute atomic E-state index is 10.7. The summed E-state index contributed by atoms with van der Waals surface area (Å²) in [6.07, 6.45) is 1.21. The molecule has 84 valence electrons. The first-order valence-corrected chi connectivity index (χ1v) is 4.65. The number of nitro benzene ring substituents is 1. The van der Waals surface area contributed by atoms with Gasteiger partial charge in [0.05, 0.1) is 10.5 Å². The van der Waals surface area contributed by atoms with Crippen LogP contribution in [-0.2, 0) is 4.79 Å². The molecule has 0 saturated carbocycles. The van der Waals surface area contributed by atoms with Crippen LogP contribution in [0, 0.1) is 10.1 Å². The topological polar surface area (TPSA) is 80.4 Å². The number of carbonyl (C=O) groups is 1. The van der Waals surface area contributed by atoms with E-state index in [1.54, 1.807) is 0 Å². The van der Waals surface area contributed by atoms with Crippen molar-refractivity contribution in [2.24, 2.45) is 0 Å². The van der Waals surface area contributed by atoms with Crippen molar-refractivity contribution in [2.75, 3.05) is 0 Å². The van der Waals surface area contributed by atoms with Crippen LogP contribution < -0.4 is 0 Å². The molecule has 5 nitrogen and oxygen atoms in total. The van der Waals surface area contributed by atoms with Crippen molar-refractivity contribution in [3.8, 4) is 0 Å². The zero-order valence-electron chi connectivity index (χ0n) is 8.31. The van der Waals surface area contributed by atoms with Crippen molar-refractivity contribution >= 4 is 29.3 Å². The van der Waals surface area contributed by atoms with Crippen molar-refractivity contribution in [3.63, 3.8) is 0 Å². The summed E-state index contributed by atoms with van der Waals surface area (Å²) in [6, 6.07) is 3.97. The van der Waals surface area contributed by atoms with Crippen LogP contribution in [0.15, 0.2) is 23.8 Å². The predicted molar refractivity (Wildman–Crippen MR) is 59.4 cm³/mol. The second-order valence-electron chi connectivity index (χ2n) is 3.09. The summed E-state index contributed by atoms with van der Waals surface area (Å²) in [7, 11) is 0. The van der Waals surface area contributed by atoms with E-state index in [1.807, 2.05) is 0 Å². The molecule has 0 aliphatic carbocycles. The molecule has 1 rings (SSSR count). The Morgan fingerprint density at radius 2 is 2.19 bits per heavy atom. The van der Waals surface area contributed by atoms with Gasteiger partial charge in [0, 0.05) is 16.7 Å². The zero-order valence-corrected chi connectivity index (χ0v) is 9.06. The summed E-state index contributed by atoms with van der Waals surface area (Å²) in [4.78, 5) is 20.7. The molecular formula is C10H8ClNO4. The van der Waals surface area contributed by atoms with E-state index < -0.39 is 10.9 Å². The van der Waals surface area contributed by atoms with Crippen LogP contribution in [0.3, 0.4) is 0 Å². The monoisotopic (exact) mass is 241 g/mol. The molecule has 0 aromatic heterocycles. The van der Waals surface area contributed by atoms with Gasteiger partial charge in [0.15, 0.2) is 0 Å². The number of aliphatic carboxylic acids is 1. The summed E-state index contributed by atoms with van der Waals surface area (Å²) in [6.45, 7) is 1.35. The van der Waals surface area contributed by atoms with Gasteiger partial charge in [-0.05, 0) is 25.1 Å². The predicted octanol–water partition coefficient (Wildman–Crippen LogP) is 2.74. The second kappa shape index (κ2) is 4.76. The van der Waals surface area contributed by atoms with Gasteiger partial charge in [-0.2, -0.15) is 0 Å². The fraction of sp³-hybridized carbons (Fsp3) is 0.100. The average molecular weight is 242 g/mol. The molecule has 0 atom stereocenters. The molecule has 1 N–H and O–H groups in total. The zero-order chi connectivity index (χ0) is 12.3. The van der Waals surface area contributed by atoms with Crippen LogP contribution in [0.25, 0.3) is 6.08 Å². The van der Waals surface area contributed by atoms with Crippen LogP contribution in [0.5, 0.6) is 0 Å². The number of rotatable bonds is 3. The van der Waals surface area contributed by atoms with E-state index in [9.17, 15) is 14.9 Å². The Morgan fingerprint density at radius 1 is 1.56 bits per heavy atom. The minimum Gasteiger partial charge on any atom is -0.478 e. The first-order valence-electron chi connectivity index (χ1n) is 4.27. The summed E-state index contributed by atoms with van der Waals surface area (Å²) in [5.41, 5.74) is 0.00719. The number of hydrogen-bond donors (Lipinski definition) is 1. The maximum Gasteiger partial charge on any atom is 0.331 e. The molecule has 0 fully saturated rings. The number of nitro groups is 1. The van der Waals surface area contributed by atoms with Crippen LogP contribution in [-0.4, -0.2) is 16.0 Å². The van der Waals surface area contributed by atoms with E-state index in [1.165, 1.54) is 31.2 Å². The molecule has 0 amide bonds. The Bertz CT molecular complexity index is 482. The third-order valence-electron chi connectivity index (χ3n) is 1.90. The molecule has 0 radical (unpaired) electrons. The van der Waals surface area contributed by atoms with Crippen molar-refractivity contribution in [3.05, 3.63) is 44.5 Å². The lowest BCUT2D eigenvalue weighted by atomic mass is 10.1. The fourth-order valence-electron chi connectivity index (χ4n) is 1.10. The standard InChI is InChI=1S/C10H8ClNO4/c1-6(10(13)14)4-7-5-8(11)2-3-9(7)12(15)16/h2-5H,1H3,(H,13,14)/b6-4+. The number of carboxylic acids is 1. The normalized spacial score (nSPS) is 11.2. The van der Waals surface area contributed by atoms with Gasteiger partial charge in [0.25, 0.3) is 5.69 Å². The fourth-order valence-corrected chi connectivity index (χ4v) is 1.28. The molecule has 0 aliphatic rings. The van der Waals surface area contributed by atoms with Gasteiger partial charge in [-0.3, -0.25) is 10.1 Å². The Labute approximate surface area is 96.1 Å². The number of halogens is 1. The number of nitrogens with zero attached hydrogens (tertiary/aromatic N) is 1. The molecule has 1 aromatic rings. The van der Waals surface area contributed by atoms with Crippen molar-refractivity contribution in [1.29, 1.82) is 0 Å². The van der Waals surface area contributed by atoms with Crippen LogP contribution in [0.4, 0.5) is 5.69 Å². The summed E-state index contributed by atoms with van der Waals surface area (Å²) in [5.74, 6) is -1.13. The molecule has 16 heavy (non-hydrogen) atoms. The Hall–Kier alpha value is -1.88. The van der Waals surface area contributed by atoms with E-state index in [4.69, 9.17) is 16.7 Å². The summed E-state index contributed by atoms with van der Waals surface area (Å²) >= 11 is 5.69. The maximum atomic E-state index is 10.7. The molecule has 0 saturated heterocycles. The highest BCUT2D eigenvalue weighted by atomic mass is 35.5. The Kier molecular flexibility index (Phi) is 3.63. The van der Waals surface area contributed by atoms with Gasteiger partial charge in [-0.25, -0.2) is 4.79 Å². The Morgan fingerprint density at radius 3 is 2.69 bits per heavy atom. The molecule has 0 unspecified atom stereocenters. The Balaban J connectivity index is 3.31. The largest absolute Gasteiger partial charge is 0.478 e. The third kappa shape index (κ3) is 2.80. The van der Waals surface area contributed by atoms with E-state index >= 15 is 0 Å². The first kappa shape index (κ1) is 12.2. The highest BCUT2D eigenvalue weighted by Gasteiger charge is 2.13. The lowest BCUT2D eigenvalue weighted by Gasteiger charge is -1.99.